The SMILES string of the molecule is NCc1cc2c(c(C(=O)c3ccc(Br)cc3)c1O)CCC2. The number of ketones is 1. The highest BCUT2D eigenvalue weighted by atomic mass is 79.9. The number of halogens is 1. The number of carbonyl (C=O) groups is 1. The number of hydrogen-bond donors (Lipinski definition) is 2. The van der Waals surface area contributed by atoms with Gasteiger partial charge in [0.1, 0.15) is 5.75 Å². The van der Waals surface area contributed by atoms with Gasteiger partial charge in [-0.3, -0.25) is 4.79 Å². The van der Waals surface area contributed by atoms with Crippen LogP contribution in [-0.2, 0) is 19.4 Å². The van der Waals surface area contributed by atoms with Crippen LogP contribution in [0.15, 0.2) is 34.8 Å². The maximum Gasteiger partial charge on any atom is 0.197 e. The van der Waals surface area contributed by atoms with E-state index >= 15 is 0 Å². The number of phenols is 1. The molecule has 0 radical (unpaired) electrons. The van der Waals surface area contributed by atoms with Crippen molar-refractivity contribution in [2.75, 3.05) is 0 Å². The highest BCUT2D eigenvalue weighted by Crippen LogP contribution is 2.36. The Hall–Kier alpha value is -1.65. The highest BCUT2D eigenvalue weighted by molar-refractivity contribution is 9.10. The molecular formula is C17H16BrNO2. The predicted octanol–water partition coefficient (Wildman–Crippen LogP) is 3.33. The van der Waals surface area contributed by atoms with Crippen LogP contribution >= 0.6 is 15.9 Å². The summed E-state index contributed by atoms with van der Waals surface area (Å²) in [7, 11) is 0. The van der Waals surface area contributed by atoms with Crippen molar-refractivity contribution >= 4 is 21.7 Å². The summed E-state index contributed by atoms with van der Waals surface area (Å²) in [5, 5.41) is 10.4. The van der Waals surface area contributed by atoms with E-state index in [9.17, 15) is 9.90 Å². The van der Waals surface area contributed by atoms with Crippen LogP contribution in [0, 0.1) is 0 Å². The number of hydrogen-bond acceptors (Lipinski definition) is 3. The second kappa shape index (κ2) is 5.62. The first-order chi connectivity index (χ1) is 10.1. The number of aromatic hydroxyl groups is 1. The van der Waals surface area contributed by atoms with E-state index in [1.807, 2.05) is 18.2 Å². The average Bonchev–Trinajstić information content (AvgIpc) is 2.94. The normalized spacial score (nSPS) is 13.2. The van der Waals surface area contributed by atoms with Gasteiger partial charge < -0.3 is 10.8 Å². The molecule has 1 aliphatic carbocycles. The van der Waals surface area contributed by atoms with Gasteiger partial charge in [-0.25, -0.2) is 0 Å². The Labute approximate surface area is 131 Å². The first-order valence-electron chi connectivity index (χ1n) is 6.98. The molecule has 0 aliphatic heterocycles. The summed E-state index contributed by atoms with van der Waals surface area (Å²) in [5.74, 6) is -0.0838. The third-order valence-corrected chi connectivity index (χ3v) is 4.53. The Kier molecular flexibility index (Phi) is 3.83. The van der Waals surface area contributed by atoms with Gasteiger partial charge in [-0.15, -0.1) is 0 Å². The maximum absolute atomic E-state index is 12.8. The summed E-state index contributed by atoms with van der Waals surface area (Å²) >= 11 is 3.36. The van der Waals surface area contributed by atoms with Crippen molar-refractivity contribution < 1.29 is 9.90 Å². The molecule has 0 bridgehead atoms. The largest absolute Gasteiger partial charge is 0.507 e. The van der Waals surface area contributed by atoms with Crippen LogP contribution in [0.2, 0.25) is 0 Å². The zero-order chi connectivity index (χ0) is 15.0. The summed E-state index contributed by atoms with van der Waals surface area (Å²) in [6.45, 7) is 0.236. The van der Waals surface area contributed by atoms with Crippen LogP contribution in [-0.4, -0.2) is 10.9 Å². The van der Waals surface area contributed by atoms with Crippen LogP contribution in [0.25, 0.3) is 0 Å². The van der Waals surface area contributed by atoms with Crippen molar-refractivity contribution in [3.8, 4) is 5.75 Å². The van der Waals surface area contributed by atoms with Gasteiger partial charge >= 0.3 is 0 Å². The van der Waals surface area contributed by atoms with Crippen LogP contribution < -0.4 is 5.73 Å². The molecule has 0 spiro atoms. The molecule has 0 atom stereocenters. The van der Waals surface area contributed by atoms with E-state index in [-0.39, 0.29) is 18.1 Å². The quantitative estimate of drug-likeness (QED) is 0.838. The topological polar surface area (TPSA) is 63.3 Å². The Morgan fingerprint density at radius 2 is 1.95 bits per heavy atom. The maximum atomic E-state index is 12.8. The van der Waals surface area contributed by atoms with Gasteiger partial charge in [0.15, 0.2) is 5.78 Å². The third kappa shape index (κ3) is 2.49. The molecule has 0 amide bonds. The number of rotatable bonds is 3. The van der Waals surface area contributed by atoms with E-state index in [1.54, 1.807) is 12.1 Å². The van der Waals surface area contributed by atoms with Crippen molar-refractivity contribution in [2.45, 2.75) is 25.8 Å². The van der Waals surface area contributed by atoms with E-state index in [1.165, 1.54) is 0 Å². The molecule has 108 valence electrons. The number of fused-ring (bicyclic) bond motifs is 1. The molecule has 1 aliphatic rings. The molecule has 3 nitrogen and oxygen atoms in total. The minimum Gasteiger partial charge on any atom is -0.507 e. The molecule has 0 unspecified atom stereocenters. The smallest absolute Gasteiger partial charge is 0.197 e. The minimum atomic E-state index is -0.131. The van der Waals surface area contributed by atoms with E-state index in [0.717, 1.165) is 34.9 Å². The fraction of sp³-hybridized carbons (Fsp3) is 0.235. The summed E-state index contributed by atoms with van der Waals surface area (Å²) in [6.07, 6.45) is 2.80. The van der Waals surface area contributed by atoms with E-state index in [2.05, 4.69) is 15.9 Å². The molecule has 3 N–H and O–H groups in total. The molecule has 0 saturated carbocycles. The summed E-state index contributed by atoms with van der Waals surface area (Å²) in [4.78, 5) is 12.8. The number of carbonyl (C=O) groups excluding carboxylic acids is 1. The summed E-state index contributed by atoms with van der Waals surface area (Å²) in [6, 6.07) is 9.13. The van der Waals surface area contributed by atoms with Gasteiger partial charge in [0.25, 0.3) is 0 Å². The van der Waals surface area contributed by atoms with Crippen LogP contribution in [0.5, 0.6) is 5.75 Å². The van der Waals surface area contributed by atoms with Gasteiger partial charge in [0.2, 0.25) is 0 Å². The molecule has 3 rings (SSSR count). The summed E-state index contributed by atoms with van der Waals surface area (Å²) < 4.78 is 0.921. The van der Waals surface area contributed by atoms with Crippen molar-refractivity contribution in [3.05, 3.63) is 62.6 Å². The molecule has 4 heteroatoms. The monoisotopic (exact) mass is 345 g/mol. The van der Waals surface area contributed by atoms with Crippen molar-refractivity contribution in [1.29, 1.82) is 0 Å². The molecule has 21 heavy (non-hydrogen) atoms. The van der Waals surface area contributed by atoms with Crippen LogP contribution in [0.1, 0.15) is 39.0 Å². The number of aryl methyl sites for hydroxylation is 1. The van der Waals surface area contributed by atoms with E-state index in [4.69, 9.17) is 5.73 Å². The van der Waals surface area contributed by atoms with E-state index in [0.29, 0.717) is 16.7 Å². The molecule has 0 fully saturated rings. The lowest BCUT2D eigenvalue weighted by molar-refractivity contribution is 0.103. The van der Waals surface area contributed by atoms with Crippen LogP contribution in [0.3, 0.4) is 0 Å². The fourth-order valence-corrected chi connectivity index (χ4v) is 3.20. The standard InChI is InChI=1S/C17H16BrNO2/c18-13-6-4-10(5-7-13)16(20)15-14-3-1-2-11(14)8-12(9-19)17(15)21/h4-8,21H,1-3,9,19H2. The lowest BCUT2D eigenvalue weighted by atomic mass is 9.92. The average molecular weight is 346 g/mol. The van der Waals surface area contributed by atoms with Gasteiger partial charge in [-0.05, 0) is 54.7 Å². The van der Waals surface area contributed by atoms with Crippen molar-refractivity contribution in [3.63, 3.8) is 0 Å². The Morgan fingerprint density at radius 1 is 1.24 bits per heavy atom. The van der Waals surface area contributed by atoms with Crippen molar-refractivity contribution in [2.24, 2.45) is 5.73 Å². The zero-order valence-electron chi connectivity index (χ0n) is 11.5. The second-order valence-electron chi connectivity index (χ2n) is 5.29. The first-order valence-corrected chi connectivity index (χ1v) is 7.78. The van der Waals surface area contributed by atoms with E-state index < -0.39 is 0 Å². The number of phenolic OH excluding ortho intramolecular Hbond substituents is 1. The lowest BCUT2D eigenvalue weighted by Gasteiger charge is -2.14. The lowest BCUT2D eigenvalue weighted by Crippen LogP contribution is -2.09. The number of benzene rings is 2. The van der Waals surface area contributed by atoms with Crippen LogP contribution in [0.4, 0.5) is 0 Å². The summed E-state index contributed by atoms with van der Waals surface area (Å²) in [5.41, 5.74) is 9.49. The number of nitrogens with two attached hydrogens (primary N) is 1. The van der Waals surface area contributed by atoms with Gasteiger partial charge in [0.05, 0.1) is 5.56 Å². The second-order valence-corrected chi connectivity index (χ2v) is 6.21. The first kappa shape index (κ1) is 14.3. The zero-order valence-corrected chi connectivity index (χ0v) is 13.1. The molecule has 2 aromatic carbocycles. The highest BCUT2D eigenvalue weighted by Gasteiger charge is 2.25. The Morgan fingerprint density at radius 3 is 2.62 bits per heavy atom. The molecule has 0 aromatic heterocycles. The van der Waals surface area contributed by atoms with Crippen molar-refractivity contribution in [1.82, 2.24) is 0 Å². The van der Waals surface area contributed by atoms with Gasteiger partial charge in [-0.2, -0.15) is 0 Å². The molecular weight excluding hydrogens is 330 g/mol. The fourth-order valence-electron chi connectivity index (χ4n) is 2.94. The molecule has 2 aromatic rings. The molecule has 0 heterocycles. The predicted molar refractivity (Wildman–Crippen MR) is 85.6 cm³/mol. The van der Waals surface area contributed by atoms with Gasteiger partial charge in [-0.1, -0.05) is 22.0 Å². The Balaban J connectivity index is 2.15. The Bertz CT molecular complexity index is 707. The minimum absolute atomic E-state index is 0.0473. The molecule has 0 saturated heterocycles. The third-order valence-electron chi connectivity index (χ3n) is 4.01. The van der Waals surface area contributed by atoms with Gasteiger partial charge in [0, 0.05) is 22.1 Å².